The average Bonchev–Trinajstić information content (AvgIpc) is 2.35. The molecule has 5 heteroatoms. The maximum absolute atomic E-state index is 12.0. The summed E-state index contributed by atoms with van der Waals surface area (Å²) in [7, 11) is 0. The van der Waals surface area contributed by atoms with Crippen LogP contribution in [0.2, 0.25) is 10.0 Å². The predicted octanol–water partition coefficient (Wildman–Crippen LogP) is 3.11. The van der Waals surface area contributed by atoms with Crippen LogP contribution in [0.3, 0.4) is 0 Å². The number of benzene rings is 1. The Kier molecular flexibility index (Phi) is 4.60. The fraction of sp³-hybridized carbons (Fsp3) is 0.417. The second kappa shape index (κ2) is 5.98. The van der Waals surface area contributed by atoms with Crippen molar-refractivity contribution >= 4 is 40.9 Å². The molecule has 1 saturated heterocycles. The summed E-state index contributed by atoms with van der Waals surface area (Å²) < 4.78 is 0. The van der Waals surface area contributed by atoms with Crippen molar-refractivity contribution in [1.29, 1.82) is 0 Å². The fourth-order valence-electron chi connectivity index (χ4n) is 1.75. The van der Waals surface area contributed by atoms with Crippen molar-refractivity contribution in [3.8, 4) is 0 Å². The Labute approximate surface area is 115 Å². The summed E-state index contributed by atoms with van der Waals surface area (Å²) in [5.74, 6) is 2.24. The topological polar surface area (TPSA) is 20.3 Å². The Hall–Kier alpha value is -0.380. The lowest BCUT2D eigenvalue weighted by atomic mass is 10.1. The van der Waals surface area contributed by atoms with Crippen molar-refractivity contribution in [3.63, 3.8) is 0 Å². The minimum Gasteiger partial charge on any atom is -0.341 e. The molecule has 1 aromatic carbocycles. The number of carbonyl (C=O) groups excluding carboxylic acids is 1. The average molecular weight is 290 g/mol. The first-order chi connectivity index (χ1) is 8.16. The van der Waals surface area contributed by atoms with E-state index in [0.717, 1.165) is 30.2 Å². The molecule has 0 spiro atoms. The van der Waals surface area contributed by atoms with Gasteiger partial charge in [-0.05, 0) is 17.7 Å². The third kappa shape index (κ3) is 3.54. The van der Waals surface area contributed by atoms with Crippen LogP contribution in [0.4, 0.5) is 0 Å². The van der Waals surface area contributed by atoms with Gasteiger partial charge in [0.15, 0.2) is 0 Å². The second-order valence-electron chi connectivity index (χ2n) is 3.92. The highest BCUT2D eigenvalue weighted by molar-refractivity contribution is 7.99. The molecule has 0 saturated carbocycles. The summed E-state index contributed by atoms with van der Waals surface area (Å²) in [6.45, 7) is 1.70. The quantitative estimate of drug-likeness (QED) is 0.834. The van der Waals surface area contributed by atoms with E-state index in [1.165, 1.54) is 0 Å². The molecule has 0 unspecified atom stereocenters. The number of carbonyl (C=O) groups is 1. The van der Waals surface area contributed by atoms with Crippen molar-refractivity contribution in [1.82, 2.24) is 4.90 Å². The van der Waals surface area contributed by atoms with Gasteiger partial charge < -0.3 is 4.90 Å². The molecule has 0 aliphatic carbocycles. The predicted molar refractivity (Wildman–Crippen MR) is 74.1 cm³/mol. The molecule has 0 radical (unpaired) electrons. The monoisotopic (exact) mass is 289 g/mol. The lowest BCUT2D eigenvalue weighted by molar-refractivity contribution is -0.130. The Balaban J connectivity index is 1.99. The first kappa shape index (κ1) is 13.1. The van der Waals surface area contributed by atoms with Gasteiger partial charge >= 0.3 is 0 Å². The summed E-state index contributed by atoms with van der Waals surface area (Å²) in [5.41, 5.74) is 0.919. The van der Waals surface area contributed by atoms with E-state index >= 15 is 0 Å². The van der Waals surface area contributed by atoms with E-state index in [1.807, 2.05) is 22.7 Å². The van der Waals surface area contributed by atoms with Gasteiger partial charge in [0.1, 0.15) is 0 Å². The van der Waals surface area contributed by atoms with Crippen molar-refractivity contribution in [2.45, 2.75) is 6.42 Å². The van der Waals surface area contributed by atoms with Crippen LogP contribution in [-0.4, -0.2) is 35.4 Å². The highest BCUT2D eigenvalue weighted by atomic mass is 35.5. The molecule has 2 nitrogen and oxygen atoms in total. The number of rotatable bonds is 2. The van der Waals surface area contributed by atoms with Crippen LogP contribution >= 0.6 is 35.0 Å². The molecule has 1 aliphatic heterocycles. The lowest BCUT2D eigenvalue weighted by Gasteiger charge is -2.26. The Morgan fingerprint density at radius 2 is 1.94 bits per heavy atom. The molecule has 1 fully saturated rings. The molecule has 17 heavy (non-hydrogen) atoms. The van der Waals surface area contributed by atoms with Crippen LogP contribution in [0.25, 0.3) is 0 Å². The normalized spacial score (nSPS) is 16.0. The molecule has 1 aromatic rings. The molecule has 0 N–H and O–H groups in total. The van der Waals surface area contributed by atoms with Gasteiger partial charge in [-0.15, -0.1) is 0 Å². The zero-order chi connectivity index (χ0) is 12.3. The second-order valence-corrected chi connectivity index (χ2v) is 5.96. The number of hydrogen-bond acceptors (Lipinski definition) is 2. The highest BCUT2D eigenvalue weighted by Gasteiger charge is 2.17. The van der Waals surface area contributed by atoms with E-state index in [9.17, 15) is 4.79 Å². The largest absolute Gasteiger partial charge is 0.341 e. The molecule has 1 aliphatic rings. The molecular formula is C12H13Cl2NOS. The smallest absolute Gasteiger partial charge is 0.227 e. The molecule has 0 bridgehead atoms. The summed E-state index contributed by atoms with van der Waals surface area (Å²) in [6, 6.07) is 5.35. The summed E-state index contributed by atoms with van der Waals surface area (Å²) in [6.07, 6.45) is 0.404. The summed E-state index contributed by atoms with van der Waals surface area (Å²) >= 11 is 13.7. The van der Waals surface area contributed by atoms with Crippen molar-refractivity contribution in [2.75, 3.05) is 24.6 Å². The van der Waals surface area contributed by atoms with Crippen LogP contribution in [0, 0.1) is 0 Å². The first-order valence-corrected chi connectivity index (χ1v) is 7.37. The molecule has 2 rings (SSSR count). The van der Waals surface area contributed by atoms with Crippen LogP contribution in [0.5, 0.6) is 0 Å². The van der Waals surface area contributed by atoms with Gasteiger partial charge in [0, 0.05) is 24.6 Å². The van der Waals surface area contributed by atoms with Crippen molar-refractivity contribution in [3.05, 3.63) is 33.8 Å². The number of hydrogen-bond donors (Lipinski definition) is 0. The highest BCUT2D eigenvalue weighted by Crippen LogP contribution is 2.23. The Bertz CT molecular complexity index is 419. The van der Waals surface area contributed by atoms with Gasteiger partial charge in [-0.2, -0.15) is 11.8 Å². The first-order valence-electron chi connectivity index (χ1n) is 5.46. The van der Waals surface area contributed by atoms with E-state index in [4.69, 9.17) is 23.2 Å². The Morgan fingerprint density at radius 3 is 2.59 bits per heavy atom. The van der Waals surface area contributed by atoms with E-state index < -0.39 is 0 Å². The van der Waals surface area contributed by atoms with Crippen LogP contribution < -0.4 is 0 Å². The fourth-order valence-corrected chi connectivity index (χ4v) is 2.97. The number of nitrogens with zero attached hydrogens (tertiary/aromatic N) is 1. The third-order valence-electron chi connectivity index (χ3n) is 2.70. The van der Waals surface area contributed by atoms with Gasteiger partial charge in [-0.3, -0.25) is 4.79 Å². The van der Waals surface area contributed by atoms with Gasteiger partial charge in [-0.1, -0.05) is 29.3 Å². The van der Waals surface area contributed by atoms with Crippen LogP contribution in [0.15, 0.2) is 18.2 Å². The minimum absolute atomic E-state index is 0.170. The van der Waals surface area contributed by atoms with Crippen LogP contribution in [0.1, 0.15) is 5.56 Å². The zero-order valence-electron chi connectivity index (χ0n) is 9.29. The summed E-state index contributed by atoms with van der Waals surface area (Å²) in [5, 5.41) is 1.03. The van der Waals surface area contributed by atoms with E-state index in [-0.39, 0.29) is 5.91 Å². The van der Waals surface area contributed by atoms with Gasteiger partial charge in [0.25, 0.3) is 0 Å². The number of thioether (sulfide) groups is 1. The van der Waals surface area contributed by atoms with Gasteiger partial charge in [0.2, 0.25) is 5.91 Å². The molecule has 0 aromatic heterocycles. The number of halogens is 2. The molecule has 92 valence electrons. The van der Waals surface area contributed by atoms with Gasteiger partial charge in [0.05, 0.1) is 16.5 Å². The third-order valence-corrected chi connectivity index (χ3v) is 4.38. The number of amides is 1. The van der Waals surface area contributed by atoms with Gasteiger partial charge in [-0.25, -0.2) is 0 Å². The van der Waals surface area contributed by atoms with Crippen molar-refractivity contribution < 1.29 is 4.79 Å². The SMILES string of the molecule is O=C(Cc1ccc(Cl)c(Cl)c1)N1CCSCC1. The van der Waals surface area contributed by atoms with E-state index in [2.05, 4.69) is 0 Å². The molecular weight excluding hydrogens is 277 g/mol. The summed E-state index contributed by atoms with van der Waals surface area (Å²) in [4.78, 5) is 13.9. The lowest BCUT2D eigenvalue weighted by Crippen LogP contribution is -2.38. The Morgan fingerprint density at radius 1 is 1.24 bits per heavy atom. The maximum atomic E-state index is 12.0. The zero-order valence-corrected chi connectivity index (χ0v) is 11.6. The van der Waals surface area contributed by atoms with E-state index in [0.29, 0.717) is 16.5 Å². The molecule has 1 heterocycles. The van der Waals surface area contributed by atoms with Crippen molar-refractivity contribution in [2.24, 2.45) is 0 Å². The minimum atomic E-state index is 0.170. The molecule has 0 atom stereocenters. The standard InChI is InChI=1S/C12H13Cl2NOS/c13-10-2-1-9(7-11(10)14)8-12(16)15-3-5-17-6-4-15/h1-2,7H,3-6,8H2. The van der Waals surface area contributed by atoms with Crippen LogP contribution in [-0.2, 0) is 11.2 Å². The molecule has 1 amide bonds. The van der Waals surface area contributed by atoms with E-state index in [1.54, 1.807) is 12.1 Å². The maximum Gasteiger partial charge on any atom is 0.227 e.